The van der Waals surface area contributed by atoms with E-state index in [9.17, 15) is 0 Å². The molecule has 0 saturated carbocycles. The van der Waals surface area contributed by atoms with Crippen molar-refractivity contribution in [3.05, 3.63) is 69.8 Å². The highest BCUT2D eigenvalue weighted by atomic mass is 14.3. The monoisotopic (exact) mass is 266 g/mol. The Morgan fingerprint density at radius 1 is 0.650 bits per heavy atom. The predicted octanol–water partition coefficient (Wildman–Crippen LogP) is 5.71. The van der Waals surface area contributed by atoms with Gasteiger partial charge in [0.15, 0.2) is 0 Å². The van der Waals surface area contributed by atoms with Gasteiger partial charge in [-0.05, 0) is 55.9 Å². The van der Waals surface area contributed by atoms with Gasteiger partial charge in [0.05, 0.1) is 0 Å². The maximum atomic E-state index is 2.32. The molecule has 0 aromatic heterocycles. The van der Waals surface area contributed by atoms with Crippen LogP contribution in [-0.4, -0.2) is 0 Å². The summed E-state index contributed by atoms with van der Waals surface area (Å²) in [7, 11) is 0. The van der Waals surface area contributed by atoms with E-state index in [1.807, 2.05) is 0 Å². The molecule has 0 saturated heterocycles. The fraction of sp³-hybridized carbons (Fsp3) is 0.400. The molecule has 0 aliphatic rings. The van der Waals surface area contributed by atoms with Gasteiger partial charge in [-0.15, -0.1) is 0 Å². The highest BCUT2D eigenvalue weighted by Crippen LogP contribution is 2.35. The summed E-state index contributed by atoms with van der Waals surface area (Å²) in [6, 6.07) is 13.7. The van der Waals surface area contributed by atoms with Crippen molar-refractivity contribution >= 4 is 0 Å². The fourth-order valence-electron chi connectivity index (χ4n) is 3.23. The number of hydrogen-bond donors (Lipinski definition) is 0. The van der Waals surface area contributed by atoms with E-state index in [-0.39, 0.29) is 0 Å². The molecule has 0 N–H and O–H groups in total. The molecule has 2 rings (SSSR count). The first-order valence-electron chi connectivity index (χ1n) is 7.54. The van der Waals surface area contributed by atoms with Crippen molar-refractivity contribution in [1.82, 2.24) is 0 Å². The molecule has 0 unspecified atom stereocenters. The second-order valence-corrected chi connectivity index (χ2v) is 6.44. The Morgan fingerprint density at radius 2 is 1.05 bits per heavy atom. The van der Waals surface area contributed by atoms with Gasteiger partial charge in [0, 0.05) is 5.92 Å². The number of benzene rings is 2. The van der Waals surface area contributed by atoms with E-state index < -0.39 is 0 Å². The molecule has 0 fully saturated rings. The first-order chi connectivity index (χ1) is 9.40. The van der Waals surface area contributed by atoms with Crippen LogP contribution in [0.15, 0.2) is 36.4 Å². The van der Waals surface area contributed by atoms with Crippen LogP contribution in [0.4, 0.5) is 0 Å². The Bertz CT molecular complexity index is 554. The molecule has 0 spiro atoms. The highest BCUT2D eigenvalue weighted by molar-refractivity contribution is 5.43. The summed E-state index contributed by atoms with van der Waals surface area (Å²) in [6.45, 7) is 13.4. The lowest BCUT2D eigenvalue weighted by Gasteiger charge is -2.26. The SMILES string of the molecule is Cc1ccc(C(c2ccc(C)cc2C)C(C)C)c(C)c1. The van der Waals surface area contributed by atoms with Crippen LogP contribution in [0.3, 0.4) is 0 Å². The molecule has 0 radical (unpaired) electrons. The van der Waals surface area contributed by atoms with Gasteiger partial charge in [0.2, 0.25) is 0 Å². The molecule has 20 heavy (non-hydrogen) atoms. The molecular formula is C20H26. The summed E-state index contributed by atoms with van der Waals surface area (Å²) in [5.41, 5.74) is 8.44. The minimum absolute atomic E-state index is 0.483. The summed E-state index contributed by atoms with van der Waals surface area (Å²) in [4.78, 5) is 0. The van der Waals surface area contributed by atoms with Gasteiger partial charge in [-0.3, -0.25) is 0 Å². The van der Waals surface area contributed by atoms with E-state index in [0.29, 0.717) is 11.8 Å². The van der Waals surface area contributed by atoms with Gasteiger partial charge in [-0.1, -0.05) is 61.4 Å². The van der Waals surface area contributed by atoms with Crippen LogP contribution in [0, 0.1) is 33.6 Å². The maximum Gasteiger partial charge on any atom is 0.0118 e. The van der Waals surface area contributed by atoms with Gasteiger partial charge in [-0.2, -0.15) is 0 Å². The zero-order valence-electron chi connectivity index (χ0n) is 13.6. The van der Waals surface area contributed by atoms with Crippen molar-refractivity contribution in [2.24, 2.45) is 5.92 Å². The first kappa shape index (κ1) is 14.8. The van der Waals surface area contributed by atoms with E-state index in [4.69, 9.17) is 0 Å². The average Bonchev–Trinajstić information content (AvgIpc) is 2.34. The summed E-state index contributed by atoms with van der Waals surface area (Å²) >= 11 is 0. The van der Waals surface area contributed by atoms with Gasteiger partial charge in [0.1, 0.15) is 0 Å². The molecule has 0 heteroatoms. The van der Waals surface area contributed by atoms with Gasteiger partial charge < -0.3 is 0 Å². The van der Waals surface area contributed by atoms with E-state index in [1.165, 1.54) is 33.4 Å². The maximum absolute atomic E-state index is 2.32. The molecule has 106 valence electrons. The molecule has 0 amide bonds. The lowest BCUT2D eigenvalue weighted by molar-refractivity contribution is 0.559. The number of aryl methyl sites for hydroxylation is 4. The zero-order valence-corrected chi connectivity index (χ0v) is 13.6. The normalized spacial score (nSPS) is 11.4. The van der Waals surface area contributed by atoms with Crippen molar-refractivity contribution in [3.63, 3.8) is 0 Å². The van der Waals surface area contributed by atoms with Crippen LogP contribution in [0.1, 0.15) is 53.1 Å². The summed E-state index contributed by atoms with van der Waals surface area (Å²) in [5.74, 6) is 1.08. The fourth-order valence-corrected chi connectivity index (χ4v) is 3.23. The molecule has 2 aromatic rings. The Kier molecular flexibility index (Phi) is 4.32. The van der Waals surface area contributed by atoms with Crippen molar-refractivity contribution in [3.8, 4) is 0 Å². The molecule has 0 nitrogen and oxygen atoms in total. The molecular weight excluding hydrogens is 240 g/mol. The zero-order chi connectivity index (χ0) is 14.9. The minimum Gasteiger partial charge on any atom is -0.0619 e. The van der Waals surface area contributed by atoms with Crippen LogP contribution in [0.25, 0.3) is 0 Å². The Balaban J connectivity index is 2.56. The average molecular weight is 266 g/mol. The third-order valence-corrected chi connectivity index (χ3v) is 4.19. The first-order valence-corrected chi connectivity index (χ1v) is 7.54. The lowest BCUT2D eigenvalue weighted by Crippen LogP contribution is -2.12. The van der Waals surface area contributed by atoms with Crippen LogP contribution >= 0.6 is 0 Å². The largest absolute Gasteiger partial charge is 0.0619 e. The molecule has 0 bridgehead atoms. The molecule has 0 atom stereocenters. The van der Waals surface area contributed by atoms with Gasteiger partial charge in [0.25, 0.3) is 0 Å². The second kappa shape index (κ2) is 5.83. The second-order valence-electron chi connectivity index (χ2n) is 6.44. The van der Waals surface area contributed by atoms with E-state index in [0.717, 1.165) is 0 Å². The van der Waals surface area contributed by atoms with Crippen LogP contribution in [-0.2, 0) is 0 Å². The Labute approximate surface area is 123 Å². The van der Waals surface area contributed by atoms with E-state index in [1.54, 1.807) is 0 Å². The smallest absolute Gasteiger partial charge is 0.0118 e. The minimum atomic E-state index is 0.483. The van der Waals surface area contributed by atoms with E-state index >= 15 is 0 Å². The summed E-state index contributed by atoms with van der Waals surface area (Å²) in [5, 5.41) is 0. The summed E-state index contributed by atoms with van der Waals surface area (Å²) < 4.78 is 0. The molecule has 2 aromatic carbocycles. The molecule has 0 heterocycles. The van der Waals surface area contributed by atoms with Gasteiger partial charge >= 0.3 is 0 Å². The third kappa shape index (κ3) is 2.95. The third-order valence-electron chi connectivity index (χ3n) is 4.19. The van der Waals surface area contributed by atoms with Crippen LogP contribution in [0.5, 0.6) is 0 Å². The van der Waals surface area contributed by atoms with Crippen molar-refractivity contribution in [1.29, 1.82) is 0 Å². The number of hydrogen-bond acceptors (Lipinski definition) is 0. The van der Waals surface area contributed by atoms with Crippen molar-refractivity contribution in [2.75, 3.05) is 0 Å². The van der Waals surface area contributed by atoms with Crippen LogP contribution < -0.4 is 0 Å². The Morgan fingerprint density at radius 3 is 1.35 bits per heavy atom. The van der Waals surface area contributed by atoms with Crippen LogP contribution in [0.2, 0.25) is 0 Å². The lowest BCUT2D eigenvalue weighted by atomic mass is 9.78. The van der Waals surface area contributed by atoms with E-state index in [2.05, 4.69) is 77.9 Å². The molecule has 0 aliphatic heterocycles. The standard InChI is InChI=1S/C20H26/c1-13(2)20(18-9-7-14(3)11-16(18)5)19-10-8-15(4)12-17(19)6/h7-13,20H,1-6H3. The van der Waals surface area contributed by atoms with Crippen molar-refractivity contribution in [2.45, 2.75) is 47.5 Å². The van der Waals surface area contributed by atoms with Crippen molar-refractivity contribution < 1.29 is 0 Å². The quantitative estimate of drug-likeness (QED) is 0.667. The summed E-state index contributed by atoms with van der Waals surface area (Å²) in [6.07, 6.45) is 0. The topological polar surface area (TPSA) is 0 Å². The predicted molar refractivity (Wildman–Crippen MR) is 88.5 cm³/mol. The van der Waals surface area contributed by atoms with Gasteiger partial charge in [-0.25, -0.2) is 0 Å². The number of rotatable bonds is 3. The molecule has 0 aliphatic carbocycles. The highest BCUT2D eigenvalue weighted by Gasteiger charge is 2.21. The Hall–Kier alpha value is -1.56.